The molecule has 0 aliphatic carbocycles. The van der Waals surface area contributed by atoms with Gasteiger partial charge in [-0.3, -0.25) is 4.79 Å². The van der Waals surface area contributed by atoms with Gasteiger partial charge in [0.1, 0.15) is 0 Å². The van der Waals surface area contributed by atoms with E-state index in [0.717, 1.165) is 15.7 Å². The summed E-state index contributed by atoms with van der Waals surface area (Å²) in [6.07, 6.45) is 3.68. The number of nitrogens with zero attached hydrogens (tertiary/aromatic N) is 2. The Morgan fingerprint density at radius 1 is 1.47 bits per heavy atom. The van der Waals surface area contributed by atoms with Crippen molar-refractivity contribution in [2.24, 2.45) is 0 Å². The Kier molecular flexibility index (Phi) is 3.75. The molecule has 0 saturated carbocycles. The molecule has 1 heterocycles. The van der Waals surface area contributed by atoms with E-state index < -0.39 is 11.4 Å². The molecular formula is C14H15BrN2O2. The van der Waals surface area contributed by atoms with E-state index in [1.165, 1.54) is 0 Å². The van der Waals surface area contributed by atoms with Gasteiger partial charge in [0, 0.05) is 22.3 Å². The lowest BCUT2D eigenvalue weighted by Crippen LogP contribution is -2.21. The van der Waals surface area contributed by atoms with Crippen molar-refractivity contribution < 1.29 is 9.90 Å². The second-order valence-corrected chi connectivity index (χ2v) is 5.93. The Labute approximate surface area is 120 Å². The second kappa shape index (κ2) is 5.17. The Morgan fingerprint density at radius 3 is 2.74 bits per heavy atom. The zero-order valence-corrected chi connectivity index (χ0v) is 12.4. The molecule has 2 aromatic rings. The molecule has 0 atom stereocenters. The minimum absolute atomic E-state index is 0.0978. The minimum Gasteiger partial charge on any atom is -0.481 e. The number of carboxylic acids is 1. The third-order valence-corrected chi connectivity index (χ3v) is 3.71. The summed E-state index contributed by atoms with van der Waals surface area (Å²) in [5, 5.41) is 13.1. The molecule has 0 aliphatic heterocycles. The normalized spacial score (nSPS) is 11.5. The van der Waals surface area contributed by atoms with E-state index in [-0.39, 0.29) is 6.42 Å². The van der Waals surface area contributed by atoms with E-state index in [0.29, 0.717) is 0 Å². The van der Waals surface area contributed by atoms with Crippen LogP contribution < -0.4 is 0 Å². The van der Waals surface area contributed by atoms with Crippen LogP contribution in [-0.4, -0.2) is 20.9 Å². The number of rotatable bonds is 4. The number of carbonyl (C=O) groups is 1. The predicted octanol–water partition coefficient (Wildman–Crippen LogP) is 3.39. The lowest BCUT2D eigenvalue weighted by molar-refractivity contribution is -0.138. The lowest BCUT2D eigenvalue weighted by Gasteiger charge is -2.23. The molecule has 1 aromatic heterocycles. The second-order valence-electron chi connectivity index (χ2n) is 5.07. The number of aliphatic carboxylic acids is 1. The van der Waals surface area contributed by atoms with Crippen molar-refractivity contribution >= 4 is 21.9 Å². The third-order valence-electron chi connectivity index (χ3n) is 3.07. The summed E-state index contributed by atoms with van der Waals surface area (Å²) in [7, 11) is 0. The maximum absolute atomic E-state index is 10.9. The van der Waals surface area contributed by atoms with Crippen molar-refractivity contribution in [1.82, 2.24) is 9.78 Å². The molecule has 5 heteroatoms. The highest BCUT2D eigenvalue weighted by Crippen LogP contribution is 2.31. The molecule has 0 saturated heterocycles. The summed E-state index contributed by atoms with van der Waals surface area (Å²) in [5.41, 5.74) is 1.51. The summed E-state index contributed by atoms with van der Waals surface area (Å²) in [6.45, 7) is 3.85. The average Bonchev–Trinajstić information content (AvgIpc) is 2.80. The van der Waals surface area contributed by atoms with E-state index in [2.05, 4.69) is 21.0 Å². The summed E-state index contributed by atoms with van der Waals surface area (Å²) >= 11 is 3.52. The summed E-state index contributed by atoms with van der Waals surface area (Å²) in [5.74, 6) is -0.794. The van der Waals surface area contributed by atoms with Crippen LogP contribution in [0.1, 0.15) is 25.8 Å². The van der Waals surface area contributed by atoms with Gasteiger partial charge in [0.25, 0.3) is 0 Å². The quantitative estimate of drug-likeness (QED) is 0.938. The molecule has 0 fully saturated rings. The van der Waals surface area contributed by atoms with Crippen LogP contribution in [-0.2, 0) is 10.2 Å². The number of aromatic nitrogens is 2. The zero-order chi connectivity index (χ0) is 14.0. The molecule has 0 unspecified atom stereocenters. The topological polar surface area (TPSA) is 55.1 Å². The number of hydrogen-bond donors (Lipinski definition) is 1. The third kappa shape index (κ3) is 3.04. The first-order valence-electron chi connectivity index (χ1n) is 5.92. The maximum atomic E-state index is 10.9. The molecule has 1 aromatic carbocycles. The molecule has 0 bridgehead atoms. The molecule has 4 nitrogen and oxygen atoms in total. The molecule has 19 heavy (non-hydrogen) atoms. The standard InChI is InChI=1S/C14H15BrN2O2/c1-14(2,9-13(18)19)10-4-5-12(11(15)8-10)17-7-3-6-16-17/h3-8H,9H2,1-2H3,(H,18,19). The monoisotopic (exact) mass is 322 g/mol. The van der Waals surface area contributed by atoms with Crippen molar-refractivity contribution in [2.45, 2.75) is 25.7 Å². The first-order valence-corrected chi connectivity index (χ1v) is 6.71. The van der Waals surface area contributed by atoms with E-state index in [4.69, 9.17) is 5.11 Å². The van der Waals surface area contributed by atoms with Crippen molar-refractivity contribution in [3.8, 4) is 5.69 Å². The smallest absolute Gasteiger partial charge is 0.304 e. The highest BCUT2D eigenvalue weighted by Gasteiger charge is 2.24. The minimum atomic E-state index is -0.794. The molecule has 0 spiro atoms. The highest BCUT2D eigenvalue weighted by atomic mass is 79.9. The summed E-state index contributed by atoms with van der Waals surface area (Å²) in [4.78, 5) is 10.9. The zero-order valence-electron chi connectivity index (χ0n) is 10.8. The largest absolute Gasteiger partial charge is 0.481 e. The van der Waals surface area contributed by atoms with Crippen LogP contribution in [0.15, 0.2) is 41.1 Å². The number of benzene rings is 1. The number of hydrogen-bond acceptors (Lipinski definition) is 2. The molecule has 0 amide bonds. The van der Waals surface area contributed by atoms with Crippen molar-refractivity contribution in [3.63, 3.8) is 0 Å². The van der Waals surface area contributed by atoms with Crippen molar-refractivity contribution in [1.29, 1.82) is 0 Å². The average molecular weight is 323 g/mol. The van der Waals surface area contributed by atoms with Gasteiger partial charge in [0.2, 0.25) is 0 Å². The van der Waals surface area contributed by atoms with E-state index in [1.807, 2.05) is 44.3 Å². The van der Waals surface area contributed by atoms with Crippen LogP contribution in [0.5, 0.6) is 0 Å². The Balaban J connectivity index is 2.36. The molecule has 0 aliphatic rings. The first-order chi connectivity index (χ1) is 8.90. The number of carboxylic acid groups (broad SMARTS) is 1. The van der Waals surface area contributed by atoms with Gasteiger partial charge in [-0.1, -0.05) is 19.9 Å². The Morgan fingerprint density at radius 2 is 2.21 bits per heavy atom. The molecule has 100 valence electrons. The van der Waals surface area contributed by atoms with Crippen LogP contribution in [0, 0.1) is 0 Å². The van der Waals surface area contributed by atoms with Gasteiger partial charge in [0.05, 0.1) is 12.1 Å². The van der Waals surface area contributed by atoms with Crippen LogP contribution in [0.4, 0.5) is 0 Å². The van der Waals surface area contributed by atoms with Crippen molar-refractivity contribution in [3.05, 3.63) is 46.7 Å². The Bertz CT molecular complexity index is 591. The molecule has 2 rings (SSSR count). The molecule has 1 N–H and O–H groups in total. The van der Waals surface area contributed by atoms with Crippen LogP contribution in [0.2, 0.25) is 0 Å². The van der Waals surface area contributed by atoms with Gasteiger partial charge < -0.3 is 5.11 Å². The fourth-order valence-corrected chi connectivity index (χ4v) is 2.57. The summed E-state index contributed by atoms with van der Waals surface area (Å²) < 4.78 is 2.66. The first kappa shape index (κ1) is 13.8. The van der Waals surface area contributed by atoms with Crippen molar-refractivity contribution in [2.75, 3.05) is 0 Å². The lowest BCUT2D eigenvalue weighted by atomic mass is 9.81. The van der Waals surface area contributed by atoms with Gasteiger partial charge in [0.15, 0.2) is 0 Å². The predicted molar refractivity (Wildman–Crippen MR) is 76.5 cm³/mol. The van der Waals surface area contributed by atoms with Crippen LogP contribution in [0.25, 0.3) is 5.69 Å². The van der Waals surface area contributed by atoms with Gasteiger partial charge in [-0.25, -0.2) is 4.68 Å². The van der Waals surface area contributed by atoms with E-state index >= 15 is 0 Å². The van der Waals surface area contributed by atoms with Crippen LogP contribution in [0.3, 0.4) is 0 Å². The molecule has 0 radical (unpaired) electrons. The fourth-order valence-electron chi connectivity index (χ4n) is 2.01. The number of halogens is 1. The highest BCUT2D eigenvalue weighted by molar-refractivity contribution is 9.10. The van der Waals surface area contributed by atoms with E-state index in [1.54, 1.807) is 10.9 Å². The molecular weight excluding hydrogens is 308 g/mol. The van der Waals surface area contributed by atoms with Gasteiger partial charge >= 0.3 is 5.97 Å². The fraction of sp³-hybridized carbons (Fsp3) is 0.286. The van der Waals surface area contributed by atoms with Gasteiger partial charge in [-0.2, -0.15) is 5.10 Å². The van der Waals surface area contributed by atoms with Gasteiger partial charge in [-0.15, -0.1) is 0 Å². The Hall–Kier alpha value is -1.62. The van der Waals surface area contributed by atoms with Gasteiger partial charge in [-0.05, 0) is 39.7 Å². The summed E-state index contributed by atoms with van der Waals surface area (Å²) in [6, 6.07) is 7.70. The SMILES string of the molecule is CC(C)(CC(=O)O)c1ccc(-n2cccn2)c(Br)c1. The van der Waals surface area contributed by atoms with Crippen LogP contribution >= 0.6 is 15.9 Å². The van der Waals surface area contributed by atoms with E-state index in [9.17, 15) is 4.79 Å². The maximum Gasteiger partial charge on any atom is 0.304 e.